The van der Waals surface area contributed by atoms with Crippen molar-refractivity contribution >= 4 is 5.69 Å². The Labute approximate surface area is 114 Å². The van der Waals surface area contributed by atoms with Gasteiger partial charge in [0.25, 0.3) is 0 Å². The summed E-state index contributed by atoms with van der Waals surface area (Å²) in [4.78, 5) is 10.2. The SMILES string of the molecule is C[C@H](O)c1ccc(Oc2ccccc2[N+](=O)[O-])c(F)c1. The minimum Gasteiger partial charge on any atom is -0.447 e. The highest BCUT2D eigenvalue weighted by Crippen LogP contribution is 2.32. The van der Waals surface area contributed by atoms with Crippen LogP contribution in [0.15, 0.2) is 42.5 Å². The summed E-state index contributed by atoms with van der Waals surface area (Å²) in [5, 5.41) is 20.2. The number of benzene rings is 2. The van der Waals surface area contributed by atoms with Gasteiger partial charge in [-0.25, -0.2) is 4.39 Å². The van der Waals surface area contributed by atoms with Gasteiger partial charge in [0.1, 0.15) is 0 Å². The molecule has 0 amide bonds. The Hall–Kier alpha value is -2.47. The van der Waals surface area contributed by atoms with Crippen molar-refractivity contribution < 1.29 is 19.2 Å². The molecule has 0 radical (unpaired) electrons. The third kappa shape index (κ3) is 2.92. The lowest BCUT2D eigenvalue weighted by molar-refractivity contribution is -0.385. The van der Waals surface area contributed by atoms with Crippen LogP contribution in [0.5, 0.6) is 11.5 Å². The first-order valence-corrected chi connectivity index (χ1v) is 5.88. The Morgan fingerprint density at radius 3 is 2.55 bits per heavy atom. The van der Waals surface area contributed by atoms with Gasteiger partial charge in [-0.3, -0.25) is 10.1 Å². The average molecular weight is 277 g/mol. The first kappa shape index (κ1) is 14.0. The fourth-order valence-electron chi connectivity index (χ4n) is 1.67. The molecule has 0 heterocycles. The maximum Gasteiger partial charge on any atom is 0.311 e. The van der Waals surface area contributed by atoms with E-state index >= 15 is 0 Å². The standard InChI is InChI=1S/C14H12FNO4/c1-9(17)10-6-7-13(11(15)8-10)20-14-5-3-2-4-12(14)16(18)19/h2-9,17H,1H3/t9-/m0/s1. The van der Waals surface area contributed by atoms with Crippen LogP contribution in [-0.4, -0.2) is 10.0 Å². The molecule has 0 aliphatic rings. The third-order valence-corrected chi connectivity index (χ3v) is 2.72. The highest BCUT2D eigenvalue weighted by atomic mass is 19.1. The lowest BCUT2D eigenvalue weighted by atomic mass is 10.1. The molecule has 0 spiro atoms. The molecule has 2 aromatic carbocycles. The van der Waals surface area contributed by atoms with Gasteiger partial charge in [-0.15, -0.1) is 0 Å². The number of para-hydroxylation sites is 2. The zero-order valence-electron chi connectivity index (χ0n) is 10.6. The molecule has 0 fully saturated rings. The number of aliphatic hydroxyl groups excluding tert-OH is 1. The molecule has 104 valence electrons. The van der Waals surface area contributed by atoms with E-state index in [4.69, 9.17) is 4.74 Å². The van der Waals surface area contributed by atoms with Gasteiger partial charge < -0.3 is 9.84 Å². The van der Waals surface area contributed by atoms with E-state index in [0.717, 1.165) is 6.07 Å². The number of aliphatic hydroxyl groups is 1. The minimum atomic E-state index is -0.801. The van der Waals surface area contributed by atoms with E-state index in [1.165, 1.54) is 37.3 Å². The monoisotopic (exact) mass is 277 g/mol. The molecule has 2 aromatic rings. The largest absolute Gasteiger partial charge is 0.447 e. The van der Waals surface area contributed by atoms with Crippen LogP contribution in [0.1, 0.15) is 18.6 Å². The Kier molecular flexibility index (Phi) is 3.95. The molecule has 0 bridgehead atoms. The van der Waals surface area contributed by atoms with Gasteiger partial charge in [0.2, 0.25) is 5.75 Å². The summed E-state index contributed by atoms with van der Waals surface area (Å²) < 4.78 is 19.1. The molecular formula is C14H12FNO4. The summed E-state index contributed by atoms with van der Waals surface area (Å²) in [6.07, 6.45) is -0.801. The number of hydrogen-bond donors (Lipinski definition) is 1. The first-order valence-electron chi connectivity index (χ1n) is 5.88. The number of ether oxygens (including phenoxy) is 1. The Morgan fingerprint density at radius 2 is 1.95 bits per heavy atom. The number of halogens is 1. The van der Waals surface area contributed by atoms with Gasteiger partial charge in [-0.05, 0) is 30.7 Å². The molecule has 0 aliphatic heterocycles. The van der Waals surface area contributed by atoms with Crippen LogP contribution in [0.25, 0.3) is 0 Å². The van der Waals surface area contributed by atoms with E-state index in [9.17, 15) is 19.6 Å². The summed E-state index contributed by atoms with van der Waals surface area (Å²) in [6.45, 7) is 1.51. The van der Waals surface area contributed by atoms with E-state index in [-0.39, 0.29) is 17.2 Å². The smallest absolute Gasteiger partial charge is 0.311 e. The van der Waals surface area contributed by atoms with Crippen LogP contribution >= 0.6 is 0 Å². The molecule has 0 aliphatic carbocycles. The van der Waals surface area contributed by atoms with E-state index in [0.29, 0.717) is 5.56 Å². The second-order valence-corrected chi connectivity index (χ2v) is 4.19. The molecular weight excluding hydrogens is 265 g/mol. The van der Waals surface area contributed by atoms with Crippen molar-refractivity contribution in [3.8, 4) is 11.5 Å². The van der Waals surface area contributed by atoms with Crippen LogP contribution < -0.4 is 4.74 Å². The van der Waals surface area contributed by atoms with Gasteiger partial charge in [0.15, 0.2) is 11.6 Å². The third-order valence-electron chi connectivity index (χ3n) is 2.72. The fraction of sp³-hybridized carbons (Fsp3) is 0.143. The molecule has 2 rings (SSSR count). The summed E-state index contributed by atoms with van der Waals surface area (Å²) in [7, 11) is 0. The molecule has 0 saturated heterocycles. The van der Waals surface area contributed by atoms with E-state index < -0.39 is 16.8 Å². The number of nitrogens with zero attached hydrogens (tertiary/aromatic N) is 1. The van der Waals surface area contributed by atoms with Crippen LogP contribution in [0.4, 0.5) is 10.1 Å². The zero-order valence-corrected chi connectivity index (χ0v) is 10.6. The summed E-state index contributed by atoms with van der Waals surface area (Å²) >= 11 is 0. The van der Waals surface area contributed by atoms with Crippen molar-refractivity contribution in [3.05, 3.63) is 64.0 Å². The van der Waals surface area contributed by atoms with Crippen molar-refractivity contribution in [3.63, 3.8) is 0 Å². The van der Waals surface area contributed by atoms with Gasteiger partial charge in [0.05, 0.1) is 11.0 Å². The summed E-state index contributed by atoms with van der Waals surface area (Å²) in [5.74, 6) is -0.869. The highest BCUT2D eigenvalue weighted by Gasteiger charge is 2.16. The number of hydrogen-bond acceptors (Lipinski definition) is 4. The zero-order chi connectivity index (χ0) is 14.7. The fourth-order valence-corrected chi connectivity index (χ4v) is 1.67. The van der Waals surface area contributed by atoms with Crippen molar-refractivity contribution in [2.75, 3.05) is 0 Å². The molecule has 0 aromatic heterocycles. The van der Waals surface area contributed by atoms with E-state index in [1.807, 2.05) is 0 Å². The topological polar surface area (TPSA) is 72.6 Å². The molecule has 6 heteroatoms. The maximum atomic E-state index is 13.8. The van der Waals surface area contributed by atoms with Crippen molar-refractivity contribution in [2.45, 2.75) is 13.0 Å². The van der Waals surface area contributed by atoms with Crippen LogP contribution in [0, 0.1) is 15.9 Å². The molecule has 0 unspecified atom stereocenters. The number of rotatable bonds is 4. The predicted molar refractivity (Wildman–Crippen MR) is 70.2 cm³/mol. The first-order chi connectivity index (χ1) is 9.49. The van der Waals surface area contributed by atoms with Gasteiger partial charge in [0, 0.05) is 6.07 Å². The van der Waals surface area contributed by atoms with Gasteiger partial charge >= 0.3 is 5.69 Å². The van der Waals surface area contributed by atoms with E-state index in [2.05, 4.69) is 0 Å². The normalized spacial score (nSPS) is 11.9. The van der Waals surface area contributed by atoms with Gasteiger partial charge in [-0.2, -0.15) is 0 Å². The minimum absolute atomic E-state index is 0.0406. The average Bonchev–Trinajstić information content (AvgIpc) is 2.41. The predicted octanol–water partition coefficient (Wildman–Crippen LogP) is 3.58. The maximum absolute atomic E-state index is 13.8. The molecule has 20 heavy (non-hydrogen) atoms. The summed E-state index contributed by atoms with van der Waals surface area (Å²) in [6, 6.07) is 9.68. The summed E-state index contributed by atoms with van der Waals surface area (Å²) in [5.41, 5.74) is 0.156. The molecule has 1 N–H and O–H groups in total. The Balaban J connectivity index is 2.33. The lowest BCUT2D eigenvalue weighted by Crippen LogP contribution is -1.96. The van der Waals surface area contributed by atoms with Crippen LogP contribution in [-0.2, 0) is 0 Å². The van der Waals surface area contributed by atoms with E-state index in [1.54, 1.807) is 6.07 Å². The Morgan fingerprint density at radius 1 is 1.25 bits per heavy atom. The highest BCUT2D eigenvalue weighted by molar-refractivity contribution is 5.48. The number of nitro benzene ring substituents is 1. The molecule has 1 atom stereocenters. The van der Waals surface area contributed by atoms with Crippen molar-refractivity contribution in [1.82, 2.24) is 0 Å². The van der Waals surface area contributed by atoms with Crippen molar-refractivity contribution in [1.29, 1.82) is 0 Å². The van der Waals surface area contributed by atoms with Gasteiger partial charge in [-0.1, -0.05) is 18.2 Å². The lowest BCUT2D eigenvalue weighted by Gasteiger charge is -2.09. The second kappa shape index (κ2) is 5.66. The quantitative estimate of drug-likeness (QED) is 0.684. The molecule has 0 saturated carbocycles. The molecule has 5 nitrogen and oxygen atoms in total. The van der Waals surface area contributed by atoms with Crippen LogP contribution in [0.3, 0.4) is 0 Å². The van der Waals surface area contributed by atoms with Crippen LogP contribution in [0.2, 0.25) is 0 Å². The Bertz CT molecular complexity index is 643. The second-order valence-electron chi connectivity index (χ2n) is 4.19. The van der Waals surface area contributed by atoms with Crippen molar-refractivity contribution in [2.24, 2.45) is 0 Å². The number of nitro groups is 1.